The van der Waals surface area contributed by atoms with E-state index in [0.717, 1.165) is 5.56 Å². The Morgan fingerprint density at radius 2 is 1.59 bits per heavy atom. The van der Waals surface area contributed by atoms with E-state index in [1.165, 1.54) is 21.3 Å². The molecular weight excluding hydrogens is 380 g/mol. The number of fused-ring (bicyclic) bond motifs is 1. The van der Waals surface area contributed by atoms with Gasteiger partial charge in [-0.1, -0.05) is 12.2 Å². The summed E-state index contributed by atoms with van der Waals surface area (Å²) in [6, 6.07) is 6.70. The number of phenols is 1. The van der Waals surface area contributed by atoms with Gasteiger partial charge in [-0.2, -0.15) is 0 Å². The summed E-state index contributed by atoms with van der Waals surface area (Å²) >= 11 is 0. The lowest BCUT2D eigenvalue weighted by molar-refractivity contribution is -0.0142. The van der Waals surface area contributed by atoms with E-state index in [4.69, 9.17) is 28.8 Å². The summed E-state index contributed by atoms with van der Waals surface area (Å²) in [7, 11) is 4.37. The standard InChI is InChI=1S/C21H24O8/c1-25-14-9-13(10-15(26-2)19(14)24)20-18(11-23)29-21-16(27-3)7-12(5-4-6-22)8-17(21)28-20/h4-5,7-10,18,20,22-24H,6,11H2,1-3H3/t18-,20-/m0/s1. The number of ether oxygens (including phenoxy) is 5. The lowest BCUT2D eigenvalue weighted by Crippen LogP contribution is -2.36. The Kier molecular flexibility index (Phi) is 6.36. The maximum absolute atomic E-state index is 10.2. The molecule has 29 heavy (non-hydrogen) atoms. The monoisotopic (exact) mass is 404 g/mol. The van der Waals surface area contributed by atoms with Crippen molar-refractivity contribution in [1.29, 1.82) is 0 Å². The van der Waals surface area contributed by atoms with Crippen LogP contribution in [0.25, 0.3) is 6.08 Å². The van der Waals surface area contributed by atoms with Crippen molar-refractivity contribution in [3.05, 3.63) is 41.5 Å². The first kappa shape index (κ1) is 20.6. The molecule has 1 heterocycles. The Labute approximate surface area is 168 Å². The molecule has 8 heteroatoms. The van der Waals surface area contributed by atoms with Crippen LogP contribution in [0.5, 0.6) is 34.5 Å². The van der Waals surface area contributed by atoms with Crippen LogP contribution < -0.4 is 23.7 Å². The Morgan fingerprint density at radius 1 is 0.931 bits per heavy atom. The molecule has 0 fully saturated rings. The molecule has 0 aliphatic carbocycles. The van der Waals surface area contributed by atoms with Crippen molar-refractivity contribution >= 4 is 6.08 Å². The lowest BCUT2D eigenvalue weighted by Gasteiger charge is -2.34. The van der Waals surface area contributed by atoms with Crippen molar-refractivity contribution in [2.75, 3.05) is 34.5 Å². The third-order valence-corrected chi connectivity index (χ3v) is 4.55. The molecule has 2 atom stereocenters. The smallest absolute Gasteiger partial charge is 0.204 e. The fourth-order valence-corrected chi connectivity index (χ4v) is 3.16. The summed E-state index contributed by atoms with van der Waals surface area (Å²) in [6.07, 6.45) is 1.90. The Bertz CT molecular complexity index is 867. The average molecular weight is 404 g/mol. The third kappa shape index (κ3) is 4.03. The van der Waals surface area contributed by atoms with Gasteiger partial charge in [0, 0.05) is 5.56 Å². The molecule has 0 radical (unpaired) electrons. The van der Waals surface area contributed by atoms with Gasteiger partial charge in [-0.05, 0) is 29.8 Å². The van der Waals surface area contributed by atoms with Gasteiger partial charge in [0.25, 0.3) is 0 Å². The maximum Gasteiger partial charge on any atom is 0.204 e. The van der Waals surface area contributed by atoms with E-state index < -0.39 is 12.2 Å². The lowest BCUT2D eigenvalue weighted by atomic mass is 10.0. The zero-order valence-electron chi connectivity index (χ0n) is 16.4. The van der Waals surface area contributed by atoms with Gasteiger partial charge in [-0.25, -0.2) is 0 Å². The van der Waals surface area contributed by atoms with Crippen LogP contribution in [0.3, 0.4) is 0 Å². The number of aliphatic hydroxyl groups excluding tert-OH is 2. The Hall–Kier alpha value is -3.10. The Morgan fingerprint density at radius 3 is 2.14 bits per heavy atom. The molecule has 0 saturated carbocycles. The highest BCUT2D eigenvalue weighted by atomic mass is 16.6. The highest BCUT2D eigenvalue weighted by Gasteiger charge is 2.35. The van der Waals surface area contributed by atoms with E-state index in [1.807, 2.05) is 0 Å². The summed E-state index contributed by atoms with van der Waals surface area (Å²) in [4.78, 5) is 0. The summed E-state index contributed by atoms with van der Waals surface area (Å²) < 4.78 is 28.0. The van der Waals surface area contributed by atoms with E-state index in [-0.39, 0.29) is 30.5 Å². The summed E-state index contributed by atoms with van der Waals surface area (Å²) in [6.45, 7) is -0.413. The summed E-state index contributed by atoms with van der Waals surface area (Å²) in [5.74, 6) is 1.53. The predicted octanol–water partition coefficient (Wildman–Crippen LogP) is 2.30. The molecule has 1 aliphatic heterocycles. The number of methoxy groups -OCH3 is 3. The number of hydrogen-bond acceptors (Lipinski definition) is 8. The molecule has 0 amide bonds. The number of benzene rings is 2. The van der Waals surface area contributed by atoms with Crippen LogP contribution in [0.2, 0.25) is 0 Å². The summed E-state index contributed by atoms with van der Waals surface area (Å²) in [5.41, 5.74) is 1.34. The van der Waals surface area contributed by atoms with Gasteiger partial charge in [0.15, 0.2) is 35.2 Å². The zero-order valence-corrected chi connectivity index (χ0v) is 16.4. The molecule has 156 valence electrons. The number of aliphatic hydroxyl groups is 2. The van der Waals surface area contributed by atoms with Crippen molar-refractivity contribution in [2.24, 2.45) is 0 Å². The molecule has 0 saturated heterocycles. The van der Waals surface area contributed by atoms with Gasteiger partial charge < -0.3 is 39.0 Å². The molecule has 3 rings (SSSR count). The molecule has 1 aliphatic rings. The van der Waals surface area contributed by atoms with Gasteiger partial charge in [0.1, 0.15) is 0 Å². The van der Waals surface area contributed by atoms with Crippen molar-refractivity contribution < 1.29 is 39.0 Å². The van der Waals surface area contributed by atoms with Crippen LogP contribution in [-0.4, -0.2) is 56.0 Å². The van der Waals surface area contributed by atoms with Gasteiger partial charge >= 0.3 is 0 Å². The van der Waals surface area contributed by atoms with Crippen molar-refractivity contribution in [3.8, 4) is 34.5 Å². The van der Waals surface area contributed by atoms with E-state index in [1.54, 1.807) is 36.4 Å². The van der Waals surface area contributed by atoms with Crippen LogP contribution >= 0.6 is 0 Å². The number of rotatable bonds is 7. The van der Waals surface area contributed by atoms with Crippen LogP contribution in [-0.2, 0) is 0 Å². The molecule has 0 spiro atoms. The van der Waals surface area contributed by atoms with E-state index >= 15 is 0 Å². The highest BCUT2D eigenvalue weighted by molar-refractivity contribution is 5.63. The Balaban J connectivity index is 2.07. The average Bonchev–Trinajstić information content (AvgIpc) is 2.76. The maximum atomic E-state index is 10.2. The normalized spacial score (nSPS) is 18.0. The molecule has 0 bridgehead atoms. The molecule has 2 aromatic carbocycles. The number of aromatic hydroxyl groups is 1. The van der Waals surface area contributed by atoms with Crippen molar-refractivity contribution in [2.45, 2.75) is 12.2 Å². The SMILES string of the molecule is COc1cc([C@@H]2Oc3cc(C=CCO)cc(OC)c3O[C@H]2CO)cc(OC)c1O. The van der Waals surface area contributed by atoms with Gasteiger partial charge in [-0.15, -0.1) is 0 Å². The summed E-state index contributed by atoms with van der Waals surface area (Å²) in [5, 5.41) is 29.1. The van der Waals surface area contributed by atoms with E-state index in [0.29, 0.717) is 22.8 Å². The van der Waals surface area contributed by atoms with Crippen LogP contribution in [0.4, 0.5) is 0 Å². The molecular formula is C21H24O8. The molecule has 2 aromatic rings. The first-order valence-corrected chi connectivity index (χ1v) is 8.94. The molecule has 0 unspecified atom stereocenters. The molecule has 3 N–H and O–H groups in total. The first-order chi connectivity index (χ1) is 14.1. The minimum atomic E-state index is -0.728. The van der Waals surface area contributed by atoms with Crippen LogP contribution in [0.1, 0.15) is 17.2 Å². The van der Waals surface area contributed by atoms with Gasteiger partial charge in [0.05, 0.1) is 34.5 Å². The quantitative estimate of drug-likeness (QED) is 0.645. The van der Waals surface area contributed by atoms with E-state index in [9.17, 15) is 10.2 Å². The van der Waals surface area contributed by atoms with Crippen molar-refractivity contribution in [3.63, 3.8) is 0 Å². The largest absolute Gasteiger partial charge is 0.502 e. The fraction of sp³-hybridized carbons (Fsp3) is 0.333. The van der Waals surface area contributed by atoms with Crippen LogP contribution in [0, 0.1) is 0 Å². The zero-order chi connectivity index (χ0) is 21.0. The highest BCUT2D eigenvalue weighted by Crippen LogP contribution is 2.48. The second-order valence-corrected chi connectivity index (χ2v) is 6.29. The predicted molar refractivity (Wildman–Crippen MR) is 105 cm³/mol. The second kappa shape index (κ2) is 8.93. The first-order valence-electron chi connectivity index (χ1n) is 8.94. The van der Waals surface area contributed by atoms with Crippen LogP contribution in [0.15, 0.2) is 30.3 Å². The second-order valence-electron chi connectivity index (χ2n) is 6.29. The van der Waals surface area contributed by atoms with Gasteiger partial charge in [-0.3, -0.25) is 0 Å². The topological polar surface area (TPSA) is 107 Å². The number of hydrogen-bond donors (Lipinski definition) is 3. The van der Waals surface area contributed by atoms with Crippen molar-refractivity contribution in [1.82, 2.24) is 0 Å². The third-order valence-electron chi connectivity index (χ3n) is 4.55. The van der Waals surface area contributed by atoms with E-state index in [2.05, 4.69) is 0 Å². The number of phenolic OH excluding ortho intramolecular Hbond substituents is 1. The minimum absolute atomic E-state index is 0.0981. The minimum Gasteiger partial charge on any atom is -0.502 e. The molecule has 0 aromatic heterocycles. The molecule has 8 nitrogen and oxygen atoms in total. The van der Waals surface area contributed by atoms with Gasteiger partial charge in [0.2, 0.25) is 11.5 Å². The fourth-order valence-electron chi connectivity index (χ4n) is 3.16.